The Labute approximate surface area is 135 Å². The first-order valence-electron chi connectivity index (χ1n) is 7.64. The van der Waals surface area contributed by atoms with E-state index in [1.165, 1.54) is 6.08 Å². The zero-order valence-electron chi connectivity index (χ0n) is 13.0. The number of nitrogens with one attached hydrogen (secondary N) is 2. The molecule has 0 bridgehead atoms. The third kappa shape index (κ3) is 4.82. The van der Waals surface area contributed by atoms with Crippen molar-refractivity contribution in [1.29, 1.82) is 0 Å². The summed E-state index contributed by atoms with van der Waals surface area (Å²) in [5.41, 5.74) is -0.154. The van der Waals surface area contributed by atoms with Crippen LogP contribution < -0.4 is 10.6 Å². The topological polar surface area (TPSA) is 76.7 Å². The number of carbonyl (C=O) groups excluding carboxylic acids is 2. The number of ether oxygens (including phenoxy) is 2. The van der Waals surface area contributed by atoms with Crippen LogP contribution in [0.5, 0.6) is 0 Å². The Morgan fingerprint density at radius 3 is 2.57 bits per heavy atom. The molecule has 1 amide bonds. The monoisotopic (exact) mass is 318 g/mol. The Hall–Kier alpha value is -2.34. The van der Waals surface area contributed by atoms with Gasteiger partial charge in [-0.3, -0.25) is 0 Å². The van der Waals surface area contributed by atoms with Crippen LogP contribution in [0.1, 0.15) is 18.4 Å². The number of rotatable bonds is 6. The lowest BCUT2D eigenvalue weighted by atomic mass is 9.88. The number of benzene rings is 1. The maximum Gasteiger partial charge on any atom is 0.408 e. The number of alkyl carbamates (subject to hydrolysis) is 1. The first kappa shape index (κ1) is 17.0. The number of esters is 1. The molecule has 124 valence electrons. The summed E-state index contributed by atoms with van der Waals surface area (Å²) in [6.07, 6.45) is 1.80. The van der Waals surface area contributed by atoms with E-state index in [4.69, 9.17) is 9.47 Å². The van der Waals surface area contributed by atoms with Gasteiger partial charge in [0.1, 0.15) is 18.8 Å². The van der Waals surface area contributed by atoms with Crippen molar-refractivity contribution in [2.24, 2.45) is 0 Å². The Morgan fingerprint density at radius 2 is 1.91 bits per heavy atom. The van der Waals surface area contributed by atoms with E-state index in [2.05, 4.69) is 17.2 Å². The summed E-state index contributed by atoms with van der Waals surface area (Å²) in [5.74, 6) is -0.449. The molecule has 6 heteroatoms. The van der Waals surface area contributed by atoms with E-state index in [1.807, 2.05) is 30.3 Å². The number of hydrogen-bond donors (Lipinski definition) is 2. The number of piperidine rings is 1. The van der Waals surface area contributed by atoms with E-state index < -0.39 is 17.6 Å². The average molecular weight is 318 g/mol. The van der Waals surface area contributed by atoms with Crippen LogP contribution in [0.3, 0.4) is 0 Å². The van der Waals surface area contributed by atoms with Gasteiger partial charge in [-0.1, -0.05) is 43.0 Å². The smallest absolute Gasteiger partial charge is 0.408 e. The van der Waals surface area contributed by atoms with Crippen LogP contribution in [-0.4, -0.2) is 37.3 Å². The van der Waals surface area contributed by atoms with E-state index in [-0.39, 0.29) is 13.2 Å². The molecule has 0 aliphatic carbocycles. The molecular formula is C17H22N2O4. The highest BCUT2D eigenvalue weighted by Gasteiger charge is 2.42. The minimum absolute atomic E-state index is 0.120. The molecule has 1 aromatic rings. The normalized spacial score (nSPS) is 16.2. The van der Waals surface area contributed by atoms with Gasteiger partial charge in [-0.05, 0) is 31.5 Å². The maximum atomic E-state index is 12.3. The molecule has 6 nitrogen and oxygen atoms in total. The molecule has 1 aromatic carbocycles. The second-order valence-corrected chi connectivity index (χ2v) is 5.41. The molecule has 0 unspecified atom stereocenters. The summed E-state index contributed by atoms with van der Waals surface area (Å²) < 4.78 is 10.4. The molecule has 0 radical (unpaired) electrons. The molecule has 23 heavy (non-hydrogen) atoms. The van der Waals surface area contributed by atoms with Crippen LogP contribution in [0.15, 0.2) is 43.0 Å². The van der Waals surface area contributed by atoms with Crippen molar-refractivity contribution in [3.8, 4) is 0 Å². The van der Waals surface area contributed by atoms with Gasteiger partial charge in [-0.15, -0.1) is 0 Å². The summed E-state index contributed by atoms with van der Waals surface area (Å²) in [4.78, 5) is 24.4. The van der Waals surface area contributed by atoms with Gasteiger partial charge in [0.05, 0.1) is 0 Å². The molecule has 1 heterocycles. The number of carbonyl (C=O) groups is 2. The van der Waals surface area contributed by atoms with Gasteiger partial charge < -0.3 is 20.1 Å². The lowest BCUT2D eigenvalue weighted by Gasteiger charge is -2.35. The quantitative estimate of drug-likeness (QED) is 0.617. The van der Waals surface area contributed by atoms with E-state index >= 15 is 0 Å². The van der Waals surface area contributed by atoms with Crippen LogP contribution in [0.25, 0.3) is 0 Å². The van der Waals surface area contributed by atoms with Crippen molar-refractivity contribution in [3.63, 3.8) is 0 Å². The SMILES string of the molecule is C=CCOC(=O)C1(NC(=O)OCc2ccccc2)CCNCC1. The van der Waals surface area contributed by atoms with Crippen molar-refractivity contribution < 1.29 is 19.1 Å². The first-order chi connectivity index (χ1) is 11.2. The molecule has 2 rings (SSSR count). The van der Waals surface area contributed by atoms with Crippen LogP contribution in [0.4, 0.5) is 4.79 Å². The Bertz CT molecular complexity index is 539. The summed E-state index contributed by atoms with van der Waals surface area (Å²) >= 11 is 0. The van der Waals surface area contributed by atoms with Crippen molar-refractivity contribution in [2.45, 2.75) is 25.0 Å². The van der Waals surface area contributed by atoms with Gasteiger partial charge in [0.2, 0.25) is 0 Å². The van der Waals surface area contributed by atoms with Crippen LogP contribution in [0.2, 0.25) is 0 Å². The number of amides is 1. The van der Waals surface area contributed by atoms with Gasteiger partial charge in [0.25, 0.3) is 0 Å². The van der Waals surface area contributed by atoms with E-state index in [1.54, 1.807) is 0 Å². The standard InChI is InChI=1S/C17H22N2O4/c1-2-12-22-15(20)17(8-10-18-11-9-17)19-16(21)23-13-14-6-4-3-5-7-14/h2-7,18H,1,8-13H2,(H,19,21). The molecule has 0 spiro atoms. The van der Waals surface area contributed by atoms with Crippen molar-refractivity contribution in [1.82, 2.24) is 10.6 Å². The Balaban J connectivity index is 1.95. The predicted octanol–water partition coefficient (Wildman–Crippen LogP) is 1.76. The average Bonchev–Trinajstić information content (AvgIpc) is 2.59. The molecule has 1 aliphatic rings. The lowest BCUT2D eigenvalue weighted by molar-refractivity contribution is -0.151. The maximum absolute atomic E-state index is 12.3. The fourth-order valence-electron chi connectivity index (χ4n) is 2.46. The van der Waals surface area contributed by atoms with Gasteiger partial charge >= 0.3 is 12.1 Å². The Morgan fingerprint density at radius 1 is 1.22 bits per heavy atom. The lowest BCUT2D eigenvalue weighted by Crippen LogP contribution is -2.60. The molecule has 1 aliphatic heterocycles. The van der Waals surface area contributed by atoms with E-state index in [0.717, 1.165) is 5.56 Å². The highest BCUT2D eigenvalue weighted by Crippen LogP contribution is 2.21. The fourth-order valence-corrected chi connectivity index (χ4v) is 2.46. The summed E-state index contributed by atoms with van der Waals surface area (Å²) in [5, 5.41) is 5.86. The summed E-state index contributed by atoms with van der Waals surface area (Å²) in [6.45, 7) is 5.05. The molecule has 0 saturated carbocycles. The highest BCUT2D eigenvalue weighted by molar-refractivity contribution is 5.86. The predicted molar refractivity (Wildman–Crippen MR) is 85.8 cm³/mol. The second kappa shape index (κ2) is 8.33. The molecular weight excluding hydrogens is 296 g/mol. The van der Waals surface area contributed by atoms with Gasteiger partial charge in [0.15, 0.2) is 0 Å². The minimum Gasteiger partial charge on any atom is -0.460 e. The molecule has 1 fully saturated rings. The Kier molecular flexibility index (Phi) is 6.17. The van der Waals surface area contributed by atoms with Gasteiger partial charge in [-0.2, -0.15) is 0 Å². The van der Waals surface area contributed by atoms with Crippen molar-refractivity contribution >= 4 is 12.1 Å². The minimum atomic E-state index is -1.04. The fraction of sp³-hybridized carbons (Fsp3) is 0.412. The third-order valence-corrected chi connectivity index (χ3v) is 3.73. The van der Waals surface area contributed by atoms with Crippen molar-refractivity contribution in [3.05, 3.63) is 48.6 Å². The summed E-state index contributed by atoms with van der Waals surface area (Å²) in [6, 6.07) is 9.37. The largest absolute Gasteiger partial charge is 0.460 e. The zero-order chi connectivity index (χ0) is 16.5. The van der Waals surface area contributed by atoms with Crippen LogP contribution >= 0.6 is 0 Å². The van der Waals surface area contributed by atoms with E-state index in [9.17, 15) is 9.59 Å². The van der Waals surface area contributed by atoms with E-state index in [0.29, 0.717) is 25.9 Å². The molecule has 1 saturated heterocycles. The molecule has 2 N–H and O–H groups in total. The molecule has 0 aromatic heterocycles. The third-order valence-electron chi connectivity index (χ3n) is 3.73. The van der Waals surface area contributed by atoms with Gasteiger partial charge in [0, 0.05) is 0 Å². The highest BCUT2D eigenvalue weighted by atomic mass is 16.6. The van der Waals surface area contributed by atoms with Crippen molar-refractivity contribution in [2.75, 3.05) is 19.7 Å². The van der Waals surface area contributed by atoms with Crippen LogP contribution in [0, 0.1) is 0 Å². The second-order valence-electron chi connectivity index (χ2n) is 5.41. The zero-order valence-corrected chi connectivity index (χ0v) is 13.0. The first-order valence-corrected chi connectivity index (χ1v) is 7.64. The summed E-state index contributed by atoms with van der Waals surface area (Å²) in [7, 11) is 0. The molecule has 0 atom stereocenters. The number of hydrogen-bond acceptors (Lipinski definition) is 5. The van der Waals surface area contributed by atoms with Crippen LogP contribution in [-0.2, 0) is 20.9 Å². The van der Waals surface area contributed by atoms with Gasteiger partial charge in [-0.25, -0.2) is 9.59 Å².